The van der Waals surface area contributed by atoms with Gasteiger partial charge >= 0.3 is 0 Å². The first-order valence-electron chi connectivity index (χ1n) is 12.5. The number of hydrogen-bond donors (Lipinski definition) is 0. The monoisotopic (exact) mass is 467 g/mol. The molecule has 0 radical (unpaired) electrons. The maximum atomic E-state index is 14.2. The van der Waals surface area contributed by atoms with Crippen LogP contribution in [-0.2, 0) is 0 Å². The Morgan fingerprint density at radius 1 is 0.833 bits per heavy atom. The van der Waals surface area contributed by atoms with Crippen LogP contribution in [-0.4, -0.2) is 16.7 Å². The van der Waals surface area contributed by atoms with Crippen LogP contribution in [0.2, 0.25) is 0 Å². The topological polar surface area (TPSA) is 67.9 Å². The van der Waals surface area contributed by atoms with Crippen molar-refractivity contribution < 1.29 is 4.79 Å². The minimum atomic E-state index is -0.457. The van der Waals surface area contributed by atoms with Crippen LogP contribution in [0.15, 0.2) is 102 Å². The lowest BCUT2D eigenvalue weighted by molar-refractivity contribution is 0.0874. The molecule has 0 bridgehead atoms. The zero-order valence-corrected chi connectivity index (χ0v) is 19.8. The van der Waals surface area contributed by atoms with Crippen LogP contribution in [0.5, 0.6) is 0 Å². The van der Waals surface area contributed by atoms with Gasteiger partial charge in [0, 0.05) is 23.6 Å². The van der Waals surface area contributed by atoms with E-state index in [0.717, 1.165) is 35.1 Å². The largest absolute Gasteiger partial charge is 0.359 e. The molecule has 3 aliphatic rings. The molecule has 4 unspecified atom stereocenters. The molecule has 174 valence electrons. The molecule has 0 amide bonds. The predicted octanol–water partition coefficient (Wildman–Crippen LogP) is 6.43. The molecule has 2 fully saturated rings. The summed E-state index contributed by atoms with van der Waals surface area (Å²) in [5.41, 5.74) is 5.13. The van der Waals surface area contributed by atoms with Crippen LogP contribution in [0.3, 0.4) is 0 Å². The van der Waals surface area contributed by atoms with Crippen molar-refractivity contribution in [1.29, 1.82) is 10.5 Å². The first-order chi connectivity index (χ1) is 17.7. The summed E-state index contributed by atoms with van der Waals surface area (Å²) in [5.74, 6) is -0.0995. The number of allylic oxidation sites excluding steroid dienone is 1. The summed E-state index contributed by atoms with van der Waals surface area (Å²) in [6.45, 7) is 0. The maximum Gasteiger partial charge on any atom is 0.185 e. The zero-order valence-electron chi connectivity index (χ0n) is 19.8. The molecule has 3 aromatic rings. The van der Waals surface area contributed by atoms with Gasteiger partial charge in [0.15, 0.2) is 5.78 Å². The van der Waals surface area contributed by atoms with Gasteiger partial charge in [-0.05, 0) is 47.1 Å². The van der Waals surface area contributed by atoms with Crippen molar-refractivity contribution in [2.24, 2.45) is 11.8 Å². The number of nitrogens with zero attached hydrogens (tertiary/aromatic N) is 3. The predicted molar refractivity (Wildman–Crippen MR) is 138 cm³/mol. The average Bonchev–Trinajstić information content (AvgIpc) is 3.72. The number of carbonyl (C=O) groups is 1. The van der Waals surface area contributed by atoms with Crippen molar-refractivity contribution in [2.75, 3.05) is 0 Å². The Morgan fingerprint density at radius 3 is 2.14 bits per heavy atom. The normalized spacial score (nSPS) is 23.7. The number of fused-ring (bicyclic) bond motifs is 3. The van der Waals surface area contributed by atoms with E-state index in [1.807, 2.05) is 60.7 Å². The van der Waals surface area contributed by atoms with Gasteiger partial charge in [0.05, 0.1) is 12.1 Å². The second-order valence-electron chi connectivity index (χ2n) is 9.80. The summed E-state index contributed by atoms with van der Waals surface area (Å²) in [5, 5.41) is 20.0. The smallest absolute Gasteiger partial charge is 0.185 e. The van der Waals surface area contributed by atoms with Crippen LogP contribution >= 0.6 is 0 Å². The van der Waals surface area contributed by atoms with Gasteiger partial charge < -0.3 is 4.90 Å². The second kappa shape index (κ2) is 8.99. The van der Waals surface area contributed by atoms with Crippen molar-refractivity contribution in [3.8, 4) is 12.1 Å². The minimum absolute atomic E-state index is 0.0617. The number of rotatable bonds is 5. The van der Waals surface area contributed by atoms with E-state index in [1.54, 1.807) is 0 Å². The van der Waals surface area contributed by atoms with Gasteiger partial charge in [0.25, 0.3) is 0 Å². The number of hydrogen-bond acceptors (Lipinski definition) is 4. The zero-order chi connectivity index (χ0) is 24.6. The van der Waals surface area contributed by atoms with E-state index in [4.69, 9.17) is 0 Å². The Kier molecular flexibility index (Phi) is 5.51. The number of carbonyl (C=O) groups excluding carboxylic acids is 1. The van der Waals surface area contributed by atoms with Gasteiger partial charge in [0.1, 0.15) is 17.7 Å². The Morgan fingerprint density at radius 2 is 1.47 bits per heavy atom. The Labute approximate surface area is 211 Å². The highest BCUT2D eigenvalue weighted by Gasteiger charge is 2.56. The molecule has 4 nitrogen and oxygen atoms in total. The number of nitriles is 2. The quantitative estimate of drug-likeness (QED) is 0.320. The van der Waals surface area contributed by atoms with Crippen molar-refractivity contribution in [2.45, 2.75) is 30.8 Å². The summed E-state index contributed by atoms with van der Waals surface area (Å²) in [6.07, 6.45) is 6.08. The standard InChI is InChI=1S/C32H25N3O/c33-19-25(20-34)27(23-15-16-23)29-28(22-10-3-1-4-11-22)31(32(36)24-12-5-2-6-13-24)35-18-17-21-9-7-8-14-26(21)30(29)35/h1-14,17-18,23,28-31H,15-16H2. The molecule has 6 rings (SSSR count). The molecule has 4 atom stereocenters. The molecular weight excluding hydrogens is 442 g/mol. The average molecular weight is 468 g/mol. The first kappa shape index (κ1) is 22.1. The van der Waals surface area contributed by atoms with Gasteiger partial charge in [-0.15, -0.1) is 0 Å². The van der Waals surface area contributed by atoms with E-state index in [9.17, 15) is 15.3 Å². The van der Waals surface area contributed by atoms with E-state index < -0.39 is 6.04 Å². The van der Waals surface area contributed by atoms with Gasteiger partial charge in [-0.3, -0.25) is 4.79 Å². The summed E-state index contributed by atoms with van der Waals surface area (Å²) in [7, 11) is 0. The number of ketones is 1. The van der Waals surface area contributed by atoms with Crippen molar-refractivity contribution in [3.05, 3.63) is 125 Å². The fraction of sp³-hybridized carbons (Fsp3) is 0.219. The Bertz CT molecular complexity index is 1440. The summed E-state index contributed by atoms with van der Waals surface area (Å²) < 4.78 is 0. The highest BCUT2D eigenvalue weighted by molar-refractivity contribution is 6.01. The Hall–Kier alpha value is -4.41. The van der Waals surface area contributed by atoms with E-state index in [0.29, 0.717) is 5.56 Å². The maximum absolute atomic E-state index is 14.2. The van der Waals surface area contributed by atoms with Gasteiger partial charge in [0.2, 0.25) is 0 Å². The third-order valence-electron chi connectivity index (χ3n) is 7.85. The molecule has 2 aliphatic heterocycles. The SMILES string of the molecule is N#CC(C#N)=C(C1CC1)C1C(c2ccccc2)C(C(=O)c2ccccc2)N2C=Cc3ccccc3C12. The highest BCUT2D eigenvalue weighted by Crippen LogP contribution is 2.59. The summed E-state index contributed by atoms with van der Waals surface area (Å²) in [6, 6.07) is 31.8. The van der Waals surface area contributed by atoms with E-state index in [-0.39, 0.29) is 35.2 Å². The van der Waals surface area contributed by atoms with Crippen molar-refractivity contribution >= 4 is 11.9 Å². The van der Waals surface area contributed by atoms with Crippen LogP contribution in [0.1, 0.15) is 51.8 Å². The molecule has 1 saturated heterocycles. The minimum Gasteiger partial charge on any atom is -0.359 e. The Balaban J connectivity index is 1.63. The van der Waals surface area contributed by atoms with E-state index in [2.05, 4.69) is 53.6 Å². The third kappa shape index (κ3) is 3.55. The lowest BCUT2D eigenvalue weighted by Gasteiger charge is -2.35. The molecule has 1 aliphatic carbocycles. The molecule has 2 heterocycles. The summed E-state index contributed by atoms with van der Waals surface area (Å²) >= 11 is 0. The van der Waals surface area contributed by atoms with Crippen molar-refractivity contribution in [3.63, 3.8) is 0 Å². The fourth-order valence-electron chi connectivity index (χ4n) is 6.27. The molecule has 3 aromatic carbocycles. The van der Waals surface area contributed by atoms with Crippen LogP contribution < -0.4 is 0 Å². The van der Waals surface area contributed by atoms with E-state index >= 15 is 0 Å². The summed E-state index contributed by atoms with van der Waals surface area (Å²) in [4.78, 5) is 16.4. The lowest BCUT2D eigenvalue weighted by Crippen LogP contribution is -2.37. The molecule has 0 aromatic heterocycles. The van der Waals surface area contributed by atoms with Gasteiger partial charge in [-0.1, -0.05) is 84.9 Å². The fourth-order valence-corrected chi connectivity index (χ4v) is 6.27. The first-order valence-corrected chi connectivity index (χ1v) is 12.5. The third-order valence-corrected chi connectivity index (χ3v) is 7.85. The number of benzene rings is 3. The van der Waals surface area contributed by atoms with E-state index in [1.165, 1.54) is 0 Å². The second-order valence-corrected chi connectivity index (χ2v) is 9.80. The molecule has 1 saturated carbocycles. The molecule has 36 heavy (non-hydrogen) atoms. The van der Waals surface area contributed by atoms with Gasteiger partial charge in [-0.25, -0.2) is 0 Å². The lowest BCUT2D eigenvalue weighted by atomic mass is 9.72. The molecule has 4 heteroatoms. The van der Waals surface area contributed by atoms with Crippen LogP contribution in [0, 0.1) is 34.5 Å². The van der Waals surface area contributed by atoms with Crippen LogP contribution in [0.25, 0.3) is 6.08 Å². The molecule has 0 spiro atoms. The van der Waals surface area contributed by atoms with Crippen LogP contribution in [0.4, 0.5) is 0 Å². The van der Waals surface area contributed by atoms with Gasteiger partial charge in [-0.2, -0.15) is 10.5 Å². The van der Waals surface area contributed by atoms with Crippen molar-refractivity contribution in [1.82, 2.24) is 4.90 Å². The molecule has 0 N–H and O–H groups in total. The highest BCUT2D eigenvalue weighted by atomic mass is 16.1. The number of Topliss-reactive ketones (excluding diaryl/α,β-unsaturated/α-hetero) is 1. The molecular formula is C32H25N3O.